The molecule has 0 unspecified atom stereocenters. The van der Waals surface area contributed by atoms with Gasteiger partial charge >= 0.3 is 0 Å². The Morgan fingerprint density at radius 2 is 1.66 bits per heavy atom. The number of carbonyl (C=O) groups is 2. The van der Waals surface area contributed by atoms with E-state index in [1.807, 2.05) is 0 Å². The van der Waals surface area contributed by atoms with E-state index in [1.54, 1.807) is 6.08 Å². The molecule has 1 saturated heterocycles. The van der Waals surface area contributed by atoms with Crippen molar-refractivity contribution in [1.82, 2.24) is 20.4 Å². The molecule has 2 aliphatic rings. The molecule has 1 aliphatic carbocycles. The lowest BCUT2D eigenvalue weighted by Crippen LogP contribution is -2.51. The highest BCUT2D eigenvalue weighted by Gasteiger charge is 2.21. The van der Waals surface area contributed by atoms with Crippen molar-refractivity contribution in [2.75, 3.05) is 45.8 Å². The zero-order chi connectivity index (χ0) is 20.6. The summed E-state index contributed by atoms with van der Waals surface area (Å²) < 4.78 is 0. The summed E-state index contributed by atoms with van der Waals surface area (Å²) >= 11 is 0. The molecule has 1 atom stereocenters. The monoisotopic (exact) mass is 398 g/mol. The fourth-order valence-corrected chi connectivity index (χ4v) is 4.15. The standard InChI is InChI=1S/C23H34N4O2/c1-3-10-24-22(28)16-26-11-13-27(14-12-26)17-23(29)25-18(2)20-9-8-19-6-4-5-7-21(19)15-20/h3,8-9,15,18H,1,4-7,10-14,16-17H2,2H3,(H,24,28)(H,25,29)/t18-/m0/s1. The van der Waals surface area contributed by atoms with E-state index in [1.165, 1.54) is 36.0 Å². The number of nitrogens with zero attached hydrogens (tertiary/aromatic N) is 2. The van der Waals surface area contributed by atoms with Gasteiger partial charge in [-0.15, -0.1) is 6.58 Å². The number of hydrogen-bond donors (Lipinski definition) is 2. The Kier molecular flexibility index (Phi) is 7.83. The molecule has 6 nitrogen and oxygen atoms in total. The highest BCUT2D eigenvalue weighted by molar-refractivity contribution is 5.79. The Morgan fingerprint density at radius 3 is 2.31 bits per heavy atom. The largest absolute Gasteiger partial charge is 0.352 e. The lowest BCUT2D eigenvalue weighted by molar-refractivity contribution is -0.125. The van der Waals surface area contributed by atoms with Crippen LogP contribution in [0.1, 0.15) is 42.5 Å². The van der Waals surface area contributed by atoms with E-state index in [9.17, 15) is 9.59 Å². The number of piperazine rings is 1. The van der Waals surface area contributed by atoms with E-state index in [2.05, 4.69) is 52.1 Å². The number of carbonyl (C=O) groups excluding carboxylic acids is 2. The number of rotatable bonds is 8. The molecule has 0 bridgehead atoms. The van der Waals surface area contributed by atoms with E-state index in [4.69, 9.17) is 0 Å². The van der Waals surface area contributed by atoms with Crippen LogP contribution in [0.4, 0.5) is 0 Å². The molecule has 29 heavy (non-hydrogen) atoms. The van der Waals surface area contributed by atoms with E-state index >= 15 is 0 Å². The van der Waals surface area contributed by atoms with Gasteiger partial charge in [-0.25, -0.2) is 0 Å². The molecule has 1 aromatic carbocycles. The smallest absolute Gasteiger partial charge is 0.234 e. The lowest BCUT2D eigenvalue weighted by Gasteiger charge is -2.34. The van der Waals surface area contributed by atoms with Crippen molar-refractivity contribution in [1.29, 1.82) is 0 Å². The highest BCUT2D eigenvalue weighted by Crippen LogP contribution is 2.24. The minimum Gasteiger partial charge on any atom is -0.352 e. The van der Waals surface area contributed by atoms with Crippen LogP contribution in [0.15, 0.2) is 30.9 Å². The molecule has 1 aromatic rings. The second-order valence-electron chi connectivity index (χ2n) is 8.17. The molecule has 1 fully saturated rings. The SMILES string of the molecule is C=CCNC(=O)CN1CCN(CC(=O)N[C@@H](C)c2ccc3c(c2)CCCC3)CC1. The summed E-state index contributed by atoms with van der Waals surface area (Å²) in [7, 11) is 0. The van der Waals surface area contributed by atoms with Crippen molar-refractivity contribution < 1.29 is 9.59 Å². The first-order valence-corrected chi connectivity index (χ1v) is 10.8. The van der Waals surface area contributed by atoms with Gasteiger partial charge in [-0.1, -0.05) is 24.3 Å². The predicted octanol–water partition coefficient (Wildman–Crippen LogP) is 1.66. The van der Waals surface area contributed by atoms with E-state index in [0.29, 0.717) is 19.6 Å². The normalized spacial score (nSPS) is 18.5. The summed E-state index contributed by atoms with van der Waals surface area (Å²) in [6.45, 7) is 10.2. The van der Waals surface area contributed by atoms with Crippen molar-refractivity contribution >= 4 is 11.8 Å². The molecule has 1 heterocycles. The van der Waals surface area contributed by atoms with Crippen molar-refractivity contribution in [2.24, 2.45) is 0 Å². The first-order chi connectivity index (χ1) is 14.0. The Bertz CT molecular complexity index is 726. The number of amides is 2. The number of fused-ring (bicyclic) bond motifs is 1. The summed E-state index contributed by atoms with van der Waals surface area (Å²) in [5.41, 5.74) is 4.10. The van der Waals surface area contributed by atoms with E-state index in [0.717, 1.165) is 32.6 Å². The first-order valence-electron chi connectivity index (χ1n) is 10.8. The van der Waals surface area contributed by atoms with E-state index < -0.39 is 0 Å². The maximum atomic E-state index is 12.5. The van der Waals surface area contributed by atoms with Gasteiger partial charge in [0.15, 0.2) is 0 Å². The van der Waals surface area contributed by atoms with Gasteiger partial charge in [-0.2, -0.15) is 0 Å². The quantitative estimate of drug-likeness (QED) is 0.654. The maximum absolute atomic E-state index is 12.5. The van der Waals surface area contributed by atoms with Crippen LogP contribution >= 0.6 is 0 Å². The van der Waals surface area contributed by atoms with Crippen LogP contribution in [0.5, 0.6) is 0 Å². The fourth-order valence-electron chi connectivity index (χ4n) is 4.15. The van der Waals surface area contributed by atoms with Crippen LogP contribution in [0.3, 0.4) is 0 Å². The number of nitrogens with one attached hydrogen (secondary N) is 2. The molecule has 3 rings (SSSR count). The number of hydrogen-bond acceptors (Lipinski definition) is 4. The van der Waals surface area contributed by atoms with Gasteiger partial charge in [0.05, 0.1) is 19.1 Å². The Morgan fingerprint density at radius 1 is 1.03 bits per heavy atom. The Balaban J connectivity index is 1.41. The predicted molar refractivity (Wildman–Crippen MR) is 116 cm³/mol. The number of benzene rings is 1. The van der Waals surface area contributed by atoms with Crippen molar-refractivity contribution in [3.05, 3.63) is 47.5 Å². The van der Waals surface area contributed by atoms with Gasteiger partial charge in [-0.3, -0.25) is 19.4 Å². The van der Waals surface area contributed by atoms with Crippen LogP contribution < -0.4 is 10.6 Å². The van der Waals surface area contributed by atoms with Crippen LogP contribution in [0.25, 0.3) is 0 Å². The minimum absolute atomic E-state index is 0.0181. The van der Waals surface area contributed by atoms with Crippen LogP contribution in [0.2, 0.25) is 0 Å². The third-order valence-electron chi connectivity index (χ3n) is 5.89. The van der Waals surface area contributed by atoms with Crippen molar-refractivity contribution in [3.63, 3.8) is 0 Å². The van der Waals surface area contributed by atoms with Crippen LogP contribution in [0, 0.1) is 0 Å². The zero-order valence-electron chi connectivity index (χ0n) is 17.6. The summed E-state index contributed by atoms with van der Waals surface area (Å²) in [6.07, 6.45) is 6.56. The first kappa shape index (κ1) is 21.5. The van der Waals surface area contributed by atoms with Gasteiger partial charge in [0, 0.05) is 32.7 Å². The van der Waals surface area contributed by atoms with E-state index in [-0.39, 0.29) is 17.9 Å². The molecule has 1 aliphatic heterocycles. The van der Waals surface area contributed by atoms with Gasteiger partial charge in [0.1, 0.15) is 0 Å². The van der Waals surface area contributed by atoms with Crippen LogP contribution in [-0.4, -0.2) is 67.4 Å². The third-order valence-corrected chi connectivity index (χ3v) is 5.89. The molecule has 0 saturated carbocycles. The Hall–Kier alpha value is -2.18. The van der Waals surface area contributed by atoms with Crippen molar-refractivity contribution in [3.8, 4) is 0 Å². The summed E-state index contributed by atoms with van der Waals surface area (Å²) in [5, 5.41) is 5.95. The van der Waals surface area contributed by atoms with Gasteiger partial charge in [-0.05, 0) is 49.3 Å². The molecule has 0 radical (unpaired) electrons. The van der Waals surface area contributed by atoms with Crippen LogP contribution in [-0.2, 0) is 22.4 Å². The molecule has 158 valence electrons. The van der Waals surface area contributed by atoms with Crippen molar-refractivity contribution in [2.45, 2.75) is 38.6 Å². The van der Waals surface area contributed by atoms with Gasteiger partial charge in [0.2, 0.25) is 11.8 Å². The molecular formula is C23H34N4O2. The zero-order valence-corrected chi connectivity index (χ0v) is 17.6. The summed E-state index contributed by atoms with van der Waals surface area (Å²) in [6, 6.07) is 6.68. The minimum atomic E-state index is 0.0181. The molecule has 2 N–H and O–H groups in total. The van der Waals surface area contributed by atoms with Gasteiger partial charge in [0.25, 0.3) is 0 Å². The van der Waals surface area contributed by atoms with Gasteiger partial charge < -0.3 is 10.6 Å². The maximum Gasteiger partial charge on any atom is 0.234 e. The number of aryl methyl sites for hydroxylation is 2. The second-order valence-corrected chi connectivity index (χ2v) is 8.17. The third kappa shape index (κ3) is 6.41. The molecular weight excluding hydrogens is 364 g/mol. The highest BCUT2D eigenvalue weighted by atomic mass is 16.2. The molecule has 2 amide bonds. The fraction of sp³-hybridized carbons (Fsp3) is 0.565. The lowest BCUT2D eigenvalue weighted by atomic mass is 9.89. The summed E-state index contributed by atoms with van der Waals surface area (Å²) in [4.78, 5) is 28.6. The molecule has 0 spiro atoms. The topological polar surface area (TPSA) is 64.7 Å². The average Bonchev–Trinajstić information content (AvgIpc) is 2.73. The molecule has 6 heteroatoms. The second kappa shape index (κ2) is 10.6. The summed E-state index contributed by atoms with van der Waals surface area (Å²) in [5.74, 6) is 0.0855. The molecule has 0 aromatic heterocycles. The average molecular weight is 399 g/mol. The Labute approximate surface area is 174 Å².